The van der Waals surface area contributed by atoms with E-state index in [1.54, 1.807) is 6.07 Å². The van der Waals surface area contributed by atoms with Crippen LogP contribution in [0.5, 0.6) is 0 Å². The number of aryl methyl sites for hydroxylation is 1. The lowest BCUT2D eigenvalue weighted by atomic mass is 10.1. The van der Waals surface area contributed by atoms with Gasteiger partial charge in [0.15, 0.2) is 0 Å². The van der Waals surface area contributed by atoms with Crippen molar-refractivity contribution >= 4 is 33.2 Å². The van der Waals surface area contributed by atoms with Crippen LogP contribution in [0.2, 0.25) is 5.02 Å². The molecule has 1 aliphatic rings. The highest BCUT2D eigenvalue weighted by Crippen LogP contribution is 2.32. The summed E-state index contributed by atoms with van der Waals surface area (Å²) in [4.78, 5) is 13.5. The highest BCUT2D eigenvalue weighted by Gasteiger charge is 2.33. The van der Waals surface area contributed by atoms with Gasteiger partial charge in [-0.1, -0.05) is 17.7 Å². The van der Waals surface area contributed by atoms with E-state index in [-0.39, 0.29) is 24.0 Å². The SMILES string of the molecule is Cc1ccc(Cl)c(N2CC(CS(N)(=O)=O)CC2=O)c1. The fourth-order valence-corrected chi connectivity index (χ4v) is 3.38. The number of carbonyl (C=O) groups excluding carboxylic acids is 1. The third-order valence-electron chi connectivity index (χ3n) is 3.07. The number of nitrogens with two attached hydrogens (primary N) is 1. The lowest BCUT2D eigenvalue weighted by Gasteiger charge is -2.18. The Morgan fingerprint density at radius 3 is 2.79 bits per heavy atom. The van der Waals surface area contributed by atoms with Gasteiger partial charge in [-0.25, -0.2) is 13.6 Å². The van der Waals surface area contributed by atoms with Crippen molar-refractivity contribution in [1.29, 1.82) is 0 Å². The summed E-state index contributed by atoms with van der Waals surface area (Å²) < 4.78 is 22.2. The third-order valence-corrected chi connectivity index (χ3v) is 4.32. The quantitative estimate of drug-likeness (QED) is 0.913. The molecule has 0 bridgehead atoms. The number of hydrogen-bond donors (Lipinski definition) is 1. The number of rotatable bonds is 3. The summed E-state index contributed by atoms with van der Waals surface area (Å²) in [7, 11) is -3.57. The maximum absolute atomic E-state index is 12.0. The Kier molecular flexibility index (Phi) is 3.85. The molecular formula is C12H15ClN2O3S. The molecule has 0 saturated carbocycles. The lowest BCUT2D eigenvalue weighted by molar-refractivity contribution is -0.117. The molecule has 104 valence electrons. The minimum Gasteiger partial charge on any atom is -0.311 e. The number of benzene rings is 1. The standard InChI is InChI=1S/C12H15ClN2O3S/c1-8-2-3-10(13)11(4-8)15-6-9(5-12(15)16)7-19(14,17)18/h2-4,9H,5-7H2,1H3,(H2,14,17,18). The molecule has 1 heterocycles. The zero-order chi connectivity index (χ0) is 14.2. The summed E-state index contributed by atoms with van der Waals surface area (Å²) >= 11 is 6.09. The van der Waals surface area contributed by atoms with Crippen LogP contribution in [-0.4, -0.2) is 26.6 Å². The molecule has 0 aliphatic carbocycles. The van der Waals surface area contributed by atoms with Gasteiger partial charge in [-0.05, 0) is 24.6 Å². The van der Waals surface area contributed by atoms with Crippen LogP contribution in [0.25, 0.3) is 0 Å². The minimum atomic E-state index is -3.57. The Morgan fingerprint density at radius 1 is 1.47 bits per heavy atom. The number of carbonyl (C=O) groups is 1. The lowest BCUT2D eigenvalue weighted by Crippen LogP contribution is -2.27. The van der Waals surface area contributed by atoms with Gasteiger partial charge in [-0.2, -0.15) is 0 Å². The number of nitrogens with zero attached hydrogens (tertiary/aromatic N) is 1. The molecule has 0 radical (unpaired) electrons. The molecule has 5 nitrogen and oxygen atoms in total. The molecule has 0 spiro atoms. The monoisotopic (exact) mass is 302 g/mol. The van der Waals surface area contributed by atoms with E-state index < -0.39 is 10.0 Å². The van der Waals surface area contributed by atoms with E-state index >= 15 is 0 Å². The molecule has 1 unspecified atom stereocenters. The predicted molar refractivity (Wildman–Crippen MR) is 74.6 cm³/mol. The molecule has 2 rings (SSSR count). The van der Waals surface area contributed by atoms with Crippen molar-refractivity contribution in [3.63, 3.8) is 0 Å². The third kappa shape index (κ3) is 3.46. The second-order valence-electron chi connectivity index (χ2n) is 4.86. The van der Waals surface area contributed by atoms with E-state index in [1.807, 2.05) is 19.1 Å². The molecule has 0 aromatic heterocycles. The normalized spacial score (nSPS) is 20.1. The van der Waals surface area contributed by atoms with Gasteiger partial charge < -0.3 is 4.90 Å². The maximum Gasteiger partial charge on any atom is 0.227 e. The molecule has 1 aromatic rings. The Bertz CT molecular complexity index is 615. The largest absolute Gasteiger partial charge is 0.311 e. The van der Waals surface area contributed by atoms with Gasteiger partial charge in [-0.3, -0.25) is 4.79 Å². The van der Waals surface area contributed by atoms with Crippen molar-refractivity contribution in [1.82, 2.24) is 0 Å². The molecule has 1 aliphatic heterocycles. The van der Waals surface area contributed by atoms with E-state index in [1.165, 1.54) is 4.90 Å². The average molecular weight is 303 g/mol. The second kappa shape index (κ2) is 5.11. The molecule has 7 heteroatoms. The fourth-order valence-electron chi connectivity index (χ4n) is 2.28. The molecular weight excluding hydrogens is 288 g/mol. The molecule has 1 atom stereocenters. The van der Waals surface area contributed by atoms with E-state index in [9.17, 15) is 13.2 Å². The van der Waals surface area contributed by atoms with Crippen LogP contribution >= 0.6 is 11.6 Å². The second-order valence-corrected chi connectivity index (χ2v) is 6.93. The molecule has 19 heavy (non-hydrogen) atoms. The smallest absolute Gasteiger partial charge is 0.227 e. The number of hydrogen-bond acceptors (Lipinski definition) is 3. The van der Waals surface area contributed by atoms with Crippen LogP contribution < -0.4 is 10.0 Å². The fraction of sp³-hybridized carbons (Fsp3) is 0.417. The summed E-state index contributed by atoms with van der Waals surface area (Å²) in [6.45, 7) is 2.24. The van der Waals surface area contributed by atoms with E-state index in [0.717, 1.165) is 5.56 Å². The minimum absolute atomic E-state index is 0.124. The van der Waals surface area contributed by atoms with E-state index in [0.29, 0.717) is 17.3 Å². The van der Waals surface area contributed by atoms with Crippen molar-refractivity contribution in [2.75, 3.05) is 17.2 Å². The zero-order valence-electron chi connectivity index (χ0n) is 10.5. The maximum atomic E-state index is 12.0. The Morgan fingerprint density at radius 2 is 2.16 bits per heavy atom. The first kappa shape index (κ1) is 14.3. The molecule has 1 fully saturated rings. The molecule has 1 aromatic carbocycles. The number of primary sulfonamides is 1. The van der Waals surface area contributed by atoms with Gasteiger partial charge in [0.05, 0.1) is 16.5 Å². The Hall–Kier alpha value is -1.11. The van der Waals surface area contributed by atoms with Crippen LogP contribution in [0.1, 0.15) is 12.0 Å². The molecule has 2 N–H and O–H groups in total. The first-order valence-electron chi connectivity index (χ1n) is 5.83. The van der Waals surface area contributed by atoms with Crippen LogP contribution in [-0.2, 0) is 14.8 Å². The number of anilines is 1. The summed E-state index contributed by atoms with van der Waals surface area (Å²) in [5.74, 6) is -0.584. The Balaban J connectivity index is 2.23. The highest BCUT2D eigenvalue weighted by molar-refractivity contribution is 7.89. The van der Waals surface area contributed by atoms with Crippen molar-refractivity contribution in [2.24, 2.45) is 11.1 Å². The van der Waals surface area contributed by atoms with Crippen molar-refractivity contribution in [2.45, 2.75) is 13.3 Å². The van der Waals surface area contributed by atoms with Gasteiger partial charge in [0.2, 0.25) is 15.9 Å². The summed E-state index contributed by atoms with van der Waals surface area (Å²) in [5, 5.41) is 5.50. The van der Waals surface area contributed by atoms with E-state index in [2.05, 4.69) is 0 Å². The number of halogens is 1. The van der Waals surface area contributed by atoms with Gasteiger partial charge in [0.25, 0.3) is 0 Å². The Labute approximate surface area is 117 Å². The average Bonchev–Trinajstić information content (AvgIpc) is 2.60. The van der Waals surface area contributed by atoms with E-state index in [4.69, 9.17) is 16.7 Å². The highest BCUT2D eigenvalue weighted by atomic mass is 35.5. The number of sulfonamides is 1. The summed E-state index contributed by atoms with van der Waals surface area (Å²) in [6, 6.07) is 5.40. The summed E-state index contributed by atoms with van der Waals surface area (Å²) in [5.41, 5.74) is 1.62. The van der Waals surface area contributed by atoms with Crippen LogP contribution in [0.3, 0.4) is 0 Å². The van der Waals surface area contributed by atoms with Gasteiger partial charge >= 0.3 is 0 Å². The molecule has 1 saturated heterocycles. The van der Waals surface area contributed by atoms with Crippen LogP contribution in [0.4, 0.5) is 5.69 Å². The first-order valence-corrected chi connectivity index (χ1v) is 7.92. The van der Waals surface area contributed by atoms with Crippen molar-refractivity contribution in [3.8, 4) is 0 Å². The topological polar surface area (TPSA) is 80.5 Å². The molecule has 1 amide bonds. The van der Waals surface area contributed by atoms with Crippen molar-refractivity contribution < 1.29 is 13.2 Å². The van der Waals surface area contributed by atoms with Gasteiger partial charge in [0.1, 0.15) is 0 Å². The van der Waals surface area contributed by atoms with Crippen molar-refractivity contribution in [3.05, 3.63) is 28.8 Å². The van der Waals surface area contributed by atoms with Crippen LogP contribution in [0, 0.1) is 12.8 Å². The first-order chi connectivity index (χ1) is 8.76. The zero-order valence-corrected chi connectivity index (χ0v) is 12.0. The summed E-state index contributed by atoms with van der Waals surface area (Å²) in [6.07, 6.45) is 0.181. The number of amides is 1. The predicted octanol–water partition coefficient (Wildman–Crippen LogP) is 1.29. The van der Waals surface area contributed by atoms with Gasteiger partial charge in [-0.15, -0.1) is 0 Å². The van der Waals surface area contributed by atoms with Gasteiger partial charge in [0, 0.05) is 18.9 Å². The van der Waals surface area contributed by atoms with Crippen LogP contribution in [0.15, 0.2) is 18.2 Å².